The van der Waals surface area contributed by atoms with Gasteiger partial charge in [0.15, 0.2) is 6.10 Å². The molecule has 8 nitrogen and oxygen atoms in total. The Kier molecular flexibility index (Phi) is 5.67. The number of sulfonamides is 1. The second-order valence-corrected chi connectivity index (χ2v) is 9.96. The van der Waals surface area contributed by atoms with Crippen LogP contribution in [0.3, 0.4) is 0 Å². The van der Waals surface area contributed by atoms with Crippen LogP contribution in [0.25, 0.3) is 0 Å². The van der Waals surface area contributed by atoms with E-state index in [0.717, 1.165) is 5.56 Å². The van der Waals surface area contributed by atoms with Crippen LogP contribution in [0.15, 0.2) is 41.3 Å². The normalized spacial score (nSPS) is 21.2. The molecule has 0 saturated carbocycles. The molecule has 2 heterocycles. The van der Waals surface area contributed by atoms with Crippen molar-refractivity contribution in [2.45, 2.75) is 43.7 Å². The molecule has 2 atom stereocenters. The van der Waals surface area contributed by atoms with Crippen LogP contribution in [-0.2, 0) is 19.6 Å². The highest BCUT2D eigenvalue weighted by atomic mass is 35.5. The first-order valence-corrected chi connectivity index (χ1v) is 11.7. The van der Waals surface area contributed by atoms with Crippen LogP contribution in [-0.4, -0.2) is 43.2 Å². The number of halogens is 1. The molecule has 0 aliphatic carbocycles. The van der Waals surface area contributed by atoms with E-state index in [1.54, 1.807) is 25.1 Å². The van der Waals surface area contributed by atoms with Gasteiger partial charge in [-0.25, -0.2) is 8.42 Å². The van der Waals surface area contributed by atoms with Crippen LogP contribution < -0.4 is 15.4 Å². The van der Waals surface area contributed by atoms with Crippen molar-refractivity contribution in [2.24, 2.45) is 0 Å². The maximum atomic E-state index is 13.3. The van der Waals surface area contributed by atoms with Crippen molar-refractivity contribution in [3.05, 3.63) is 47.0 Å². The van der Waals surface area contributed by atoms with Gasteiger partial charge in [-0.05, 0) is 68.7 Å². The average Bonchev–Trinajstić information content (AvgIpc) is 3.21. The lowest BCUT2D eigenvalue weighted by atomic mass is 10.1. The lowest BCUT2D eigenvalue weighted by Gasteiger charge is -2.26. The number of hydrogen-bond acceptors (Lipinski definition) is 5. The molecule has 2 aliphatic rings. The van der Waals surface area contributed by atoms with Gasteiger partial charge in [-0.15, -0.1) is 0 Å². The van der Waals surface area contributed by atoms with Crippen LogP contribution in [0.1, 0.15) is 25.3 Å². The summed E-state index contributed by atoms with van der Waals surface area (Å²) in [7, 11) is -3.96. The Morgan fingerprint density at radius 3 is 2.77 bits per heavy atom. The molecule has 1 fully saturated rings. The predicted octanol–water partition coefficient (Wildman–Crippen LogP) is 3.16. The van der Waals surface area contributed by atoms with E-state index in [4.69, 9.17) is 16.3 Å². The second kappa shape index (κ2) is 8.14. The van der Waals surface area contributed by atoms with Crippen molar-refractivity contribution in [2.75, 3.05) is 17.2 Å². The smallest absolute Gasteiger partial charge is 0.265 e. The van der Waals surface area contributed by atoms with Crippen LogP contribution in [0.5, 0.6) is 5.75 Å². The van der Waals surface area contributed by atoms with Gasteiger partial charge in [0.2, 0.25) is 15.9 Å². The number of fused-ring (bicyclic) bond motifs is 1. The fraction of sp³-hybridized carbons (Fsp3) is 0.333. The molecule has 2 aromatic rings. The molecule has 0 spiro atoms. The maximum Gasteiger partial charge on any atom is 0.265 e. The van der Waals surface area contributed by atoms with E-state index in [2.05, 4.69) is 10.6 Å². The predicted molar refractivity (Wildman–Crippen MR) is 117 cm³/mol. The van der Waals surface area contributed by atoms with Crippen molar-refractivity contribution >= 4 is 44.8 Å². The summed E-state index contributed by atoms with van der Waals surface area (Å²) in [4.78, 5) is 24.8. The zero-order chi connectivity index (χ0) is 22.3. The molecule has 31 heavy (non-hydrogen) atoms. The molecular weight excluding hydrogens is 442 g/mol. The Balaban J connectivity index is 1.58. The van der Waals surface area contributed by atoms with Gasteiger partial charge in [-0.3, -0.25) is 9.59 Å². The van der Waals surface area contributed by atoms with Crippen LogP contribution in [0.2, 0.25) is 5.02 Å². The third kappa shape index (κ3) is 4.13. The molecule has 2 aromatic carbocycles. The Bertz CT molecular complexity index is 1170. The Morgan fingerprint density at radius 1 is 1.26 bits per heavy atom. The minimum Gasteiger partial charge on any atom is -0.479 e. The molecular formula is C21H22ClN3O5S. The molecule has 0 unspecified atom stereocenters. The third-order valence-electron chi connectivity index (χ3n) is 5.44. The number of aryl methyl sites for hydroxylation is 1. The number of carbonyl (C=O) groups is 2. The number of rotatable bonds is 4. The average molecular weight is 464 g/mol. The summed E-state index contributed by atoms with van der Waals surface area (Å²) >= 11 is 5.96. The molecule has 0 aromatic heterocycles. The first-order valence-electron chi connectivity index (χ1n) is 9.87. The highest BCUT2D eigenvalue weighted by Gasteiger charge is 2.40. The zero-order valence-corrected chi connectivity index (χ0v) is 18.6. The Labute approximate surface area is 185 Å². The summed E-state index contributed by atoms with van der Waals surface area (Å²) in [5.74, 6) is -0.339. The van der Waals surface area contributed by atoms with E-state index in [9.17, 15) is 18.0 Å². The summed E-state index contributed by atoms with van der Waals surface area (Å²) in [6.45, 7) is 3.66. The van der Waals surface area contributed by atoms with E-state index in [-0.39, 0.29) is 17.3 Å². The zero-order valence-electron chi connectivity index (χ0n) is 17.0. The summed E-state index contributed by atoms with van der Waals surface area (Å²) in [5, 5.41) is 6.02. The lowest BCUT2D eigenvalue weighted by Crippen LogP contribution is -2.43. The Hall–Kier alpha value is -2.62. The number of benzene rings is 2. The molecule has 10 heteroatoms. The van der Waals surface area contributed by atoms with Crippen LogP contribution in [0, 0.1) is 6.92 Å². The van der Waals surface area contributed by atoms with Gasteiger partial charge in [0.25, 0.3) is 5.91 Å². The second-order valence-electron chi connectivity index (χ2n) is 7.63. The van der Waals surface area contributed by atoms with E-state index in [1.807, 2.05) is 6.92 Å². The van der Waals surface area contributed by atoms with E-state index in [1.165, 1.54) is 22.5 Å². The lowest BCUT2D eigenvalue weighted by molar-refractivity contribution is -0.122. The number of ether oxygens (including phenoxy) is 1. The van der Waals surface area contributed by atoms with Crippen LogP contribution >= 0.6 is 11.6 Å². The minimum atomic E-state index is -3.96. The topological polar surface area (TPSA) is 105 Å². The van der Waals surface area contributed by atoms with Crippen LogP contribution in [0.4, 0.5) is 11.4 Å². The Morgan fingerprint density at radius 2 is 2.03 bits per heavy atom. The monoisotopic (exact) mass is 463 g/mol. The van der Waals surface area contributed by atoms with Gasteiger partial charge >= 0.3 is 0 Å². The number of nitrogens with zero attached hydrogens (tertiary/aromatic N) is 1. The minimum absolute atomic E-state index is 0.00734. The molecule has 1 saturated heterocycles. The van der Waals surface area contributed by atoms with Gasteiger partial charge in [0.05, 0.1) is 10.6 Å². The van der Waals surface area contributed by atoms with Gasteiger partial charge in [0, 0.05) is 17.3 Å². The standard InChI is InChI=1S/C21H22ClN3O5S/c1-12-10-14(22)5-7-16(12)23-21(27)18-4-3-9-25(18)31(28,29)15-6-8-19-17(11-15)24-20(26)13(2)30-19/h5-8,10-11,13,18H,3-4,9H2,1-2H3,(H,23,27)(H,24,26)/t13-,18+/m1/s1. The van der Waals surface area contributed by atoms with Crippen molar-refractivity contribution in [1.82, 2.24) is 4.31 Å². The molecule has 0 bridgehead atoms. The SMILES string of the molecule is Cc1cc(Cl)ccc1NC(=O)[C@@H]1CCCN1S(=O)(=O)c1ccc2c(c1)NC(=O)[C@@H](C)O2. The maximum absolute atomic E-state index is 13.3. The van der Waals surface area contributed by atoms with Gasteiger partial charge < -0.3 is 15.4 Å². The van der Waals surface area contributed by atoms with E-state index >= 15 is 0 Å². The van der Waals surface area contributed by atoms with E-state index < -0.39 is 28.1 Å². The molecule has 4 rings (SSSR count). The van der Waals surface area contributed by atoms with Crippen molar-refractivity contribution < 1.29 is 22.7 Å². The van der Waals surface area contributed by atoms with Gasteiger partial charge in [-0.2, -0.15) is 4.31 Å². The van der Waals surface area contributed by atoms with Crippen molar-refractivity contribution in [3.63, 3.8) is 0 Å². The molecule has 2 aliphatic heterocycles. The highest BCUT2D eigenvalue weighted by molar-refractivity contribution is 7.89. The van der Waals surface area contributed by atoms with E-state index in [0.29, 0.717) is 35.0 Å². The van der Waals surface area contributed by atoms with Gasteiger partial charge in [0.1, 0.15) is 11.8 Å². The fourth-order valence-corrected chi connectivity index (χ4v) is 5.67. The quantitative estimate of drug-likeness (QED) is 0.724. The summed E-state index contributed by atoms with van der Waals surface area (Å²) in [6.07, 6.45) is 0.331. The van der Waals surface area contributed by atoms with Gasteiger partial charge in [-0.1, -0.05) is 11.6 Å². The number of carbonyl (C=O) groups excluding carboxylic acids is 2. The number of amides is 2. The summed E-state index contributed by atoms with van der Waals surface area (Å²) in [5.41, 5.74) is 1.66. The fourth-order valence-electron chi connectivity index (χ4n) is 3.76. The first-order chi connectivity index (χ1) is 14.7. The molecule has 2 amide bonds. The first kappa shape index (κ1) is 21.6. The third-order valence-corrected chi connectivity index (χ3v) is 7.58. The highest BCUT2D eigenvalue weighted by Crippen LogP contribution is 2.34. The summed E-state index contributed by atoms with van der Waals surface area (Å²) < 4.78 is 33.3. The molecule has 0 radical (unpaired) electrons. The molecule has 2 N–H and O–H groups in total. The van der Waals surface area contributed by atoms with Crippen molar-refractivity contribution in [3.8, 4) is 5.75 Å². The molecule has 164 valence electrons. The summed E-state index contributed by atoms with van der Waals surface area (Å²) in [6, 6.07) is 8.56. The number of nitrogens with one attached hydrogen (secondary N) is 2. The van der Waals surface area contributed by atoms with Crippen molar-refractivity contribution in [1.29, 1.82) is 0 Å². The number of hydrogen-bond donors (Lipinski definition) is 2. The number of anilines is 2. The largest absolute Gasteiger partial charge is 0.479 e.